The Labute approximate surface area is 110 Å². The Bertz CT molecular complexity index is 359. The lowest BCUT2D eigenvalue weighted by molar-refractivity contribution is 0.266. The van der Waals surface area contributed by atoms with Crippen LogP contribution in [0.5, 0.6) is 0 Å². The first kappa shape index (κ1) is 13.4. The molecule has 18 heavy (non-hydrogen) atoms. The second-order valence-electron chi connectivity index (χ2n) is 5.31. The first-order chi connectivity index (χ1) is 8.72. The molecule has 3 heteroatoms. The minimum atomic E-state index is 0.257. The largest absolute Gasteiger partial charge is 0.396 e. The zero-order valence-electron chi connectivity index (χ0n) is 11.4. The molecular formula is C15H24N2O. The Hall–Kier alpha value is -1.06. The lowest BCUT2D eigenvalue weighted by Crippen LogP contribution is -2.51. The zero-order valence-corrected chi connectivity index (χ0v) is 11.4. The van der Waals surface area contributed by atoms with Gasteiger partial charge in [0.1, 0.15) is 0 Å². The molecule has 0 saturated carbocycles. The zero-order chi connectivity index (χ0) is 13.0. The maximum atomic E-state index is 9.15. The number of anilines is 1. The molecule has 1 aromatic rings. The fourth-order valence-electron chi connectivity index (χ4n) is 2.56. The van der Waals surface area contributed by atoms with Gasteiger partial charge in [0.2, 0.25) is 0 Å². The van der Waals surface area contributed by atoms with E-state index in [1.54, 1.807) is 0 Å². The van der Waals surface area contributed by atoms with Crippen molar-refractivity contribution >= 4 is 5.69 Å². The van der Waals surface area contributed by atoms with Crippen molar-refractivity contribution in [2.75, 3.05) is 31.1 Å². The molecule has 0 radical (unpaired) electrons. The third-order valence-corrected chi connectivity index (χ3v) is 3.70. The molecular weight excluding hydrogens is 224 g/mol. The standard InChI is InChI=1S/C15H24N2O/c1-12(2)13-3-5-14(6-4-13)17-9-8-16-11-15(17)7-10-18/h3-6,12,15-16,18H,7-11H2,1-2H3. The van der Waals surface area contributed by atoms with E-state index in [0.717, 1.165) is 26.1 Å². The highest BCUT2D eigenvalue weighted by Gasteiger charge is 2.21. The molecule has 1 unspecified atom stereocenters. The van der Waals surface area contributed by atoms with E-state index in [-0.39, 0.29) is 6.61 Å². The van der Waals surface area contributed by atoms with Gasteiger partial charge in [0.15, 0.2) is 0 Å². The summed E-state index contributed by atoms with van der Waals surface area (Å²) >= 11 is 0. The number of rotatable bonds is 4. The summed E-state index contributed by atoms with van der Waals surface area (Å²) in [5, 5.41) is 12.5. The van der Waals surface area contributed by atoms with Crippen LogP contribution in [0.4, 0.5) is 5.69 Å². The van der Waals surface area contributed by atoms with E-state index in [9.17, 15) is 0 Å². The Balaban J connectivity index is 2.12. The van der Waals surface area contributed by atoms with Crippen LogP contribution in [-0.4, -0.2) is 37.4 Å². The highest BCUT2D eigenvalue weighted by molar-refractivity contribution is 5.49. The number of nitrogens with one attached hydrogen (secondary N) is 1. The Kier molecular flexibility index (Phi) is 4.61. The van der Waals surface area contributed by atoms with Gasteiger partial charge in [0.05, 0.1) is 0 Å². The van der Waals surface area contributed by atoms with Crippen LogP contribution in [0.25, 0.3) is 0 Å². The quantitative estimate of drug-likeness (QED) is 0.855. The van der Waals surface area contributed by atoms with Gasteiger partial charge >= 0.3 is 0 Å². The van der Waals surface area contributed by atoms with Crippen molar-refractivity contribution < 1.29 is 5.11 Å². The topological polar surface area (TPSA) is 35.5 Å². The fraction of sp³-hybridized carbons (Fsp3) is 0.600. The van der Waals surface area contributed by atoms with Crippen LogP contribution < -0.4 is 10.2 Å². The first-order valence-electron chi connectivity index (χ1n) is 6.90. The van der Waals surface area contributed by atoms with Crippen molar-refractivity contribution in [1.82, 2.24) is 5.32 Å². The van der Waals surface area contributed by atoms with Crippen molar-refractivity contribution in [2.24, 2.45) is 0 Å². The maximum absolute atomic E-state index is 9.15. The summed E-state index contributed by atoms with van der Waals surface area (Å²) in [6.45, 7) is 7.70. The SMILES string of the molecule is CC(C)c1ccc(N2CCNCC2CCO)cc1. The monoisotopic (exact) mass is 248 g/mol. The van der Waals surface area contributed by atoms with Crippen LogP contribution >= 0.6 is 0 Å². The summed E-state index contributed by atoms with van der Waals surface area (Å²) in [6, 6.07) is 9.28. The summed E-state index contributed by atoms with van der Waals surface area (Å²) < 4.78 is 0. The number of hydrogen-bond donors (Lipinski definition) is 2. The molecule has 0 spiro atoms. The molecule has 1 aliphatic rings. The van der Waals surface area contributed by atoms with Gasteiger partial charge in [-0.25, -0.2) is 0 Å². The van der Waals surface area contributed by atoms with Crippen molar-refractivity contribution in [3.8, 4) is 0 Å². The summed E-state index contributed by atoms with van der Waals surface area (Å²) in [6.07, 6.45) is 0.832. The van der Waals surface area contributed by atoms with Gasteiger partial charge in [-0.05, 0) is 30.0 Å². The van der Waals surface area contributed by atoms with E-state index in [4.69, 9.17) is 5.11 Å². The molecule has 0 bridgehead atoms. The Morgan fingerprint density at radius 3 is 2.67 bits per heavy atom. The minimum Gasteiger partial charge on any atom is -0.396 e. The average Bonchev–Trinajstić information content (AvgIpc) is 2.40. The lowest BCUT2D eigenvalue weighted by atomic mass is 10.0. The van der Waals surface area contributed by atoms with E-state index in [1.165, 1.54) is 11.3 Å². The van der Waals surface area contributed by atoms with E-state index in [0.29, 0.717) is 12.0 Å². The summed E-state index contributed by atoms with van der Waals surface area (Å²) in [7, 11) is 0. The molecule has 0 aromatic heterocycles. The number of piperazine rings is 1. The second-order valence-corrected chi connectivity index (χ2v) is 5.31. The summed E-state index contributed by atoms with van der Waals surface area (Å²) in [5.41, 5.74) is 2.66. The van der Waals surface area contributed by atoms with Crippen LogP contribution in [0.3, 0.4) is 0 Å². The van der Waals surface area contributed by atoms with Crippen LogP contribution in [0.2, 0.25) is 0 Å². The molecule has 1 atom stereocenters. The third-order valence-electron chi connectivity index (χ3n) is 3.70. The third kappa shape index (κ3) is 3.03. The number of nitrogens with zero attached hydrogens (tertiary/aromatic N) is 1. The number of benzene rings is 1. The highest BCUT2D eigenvalue weighted by Crippen LogP contribution is 2.23. The fourth-order valence-corrected chi connectivity index (χ4v) is 2.56. The van der Waals surface area contributed by atoms with Gasteiger partial charge < -0.3 is 15.3 Å². The Morgan fingerprint density at radius 2 is 2.06 bits per heavy atom. The molecule has 2 N–H and O–H groups in total. The number of aliphatic hydroxyl groups is 1. The molecule has 2 rings (SSSR count). The van der Waals surface area contributed by atoms with Crippen molar-refractivity contribution in [1.29, 1.82) is 0 Å². The van der Waals surface area contributed by atoms with Gasteiger partial charge in [0.25, 0.3) is 0 Å². The smallest absolute Gasteiger partial charge is 0.0451 e. The minimum absolute atomic E-state index is 0.257. The molecule has 0 aliphatic carbocycles. The van der Waals surface area contributed by atoms with Gasteiger partial charge in [0, 0.05) is 38.0 Å². The number of hydrogen-bond acceptors (Lipinski definition) is 3. The summed E-state index contributed by atoms with van der Waals surface area (Å²) in [5.74, 6) is 0.579. The second kappa shape index (κ2) is 6.21. The molecule has 3 nitrogen and oxygen atoms in total. The lowest BCUT2D eigenvalue weighted by Gasteiger charge is -2.38. The first-order valence-corrected chi connectivity index (χ1v) is 6.90. The normalized spacial score (nSPS) is 20.4. The van der Waals surface area contributed by atoms with Crippen molar-refractivity contribution in [3.63, 3.8) is 0 Å². The molecule has 100 valence electrons. The molecule has 1 heterocycles. The van der Waals surface area contributed by atoms with Gasteiger partial charge in [-0.1, -0.05) is 26.0 Å². The highest BCUT2D eigenvalue weighted by atomic mass is 16.3. The van der Waals surface area contributed by atoms with Gasteiger partial charge in [-0.3, -0.25) is 0 Å². The van der Waals surface area contributed by atoms with Crippen LogP contribution in [0.15, 0.2) is 24.3 Å². The Morgan fingerprint density at radius 1 is 1.33 bits per heavy atom. The van der Waals surface area contributed by atoms with E-state index in [2.05, 4.69) is 48.3 Å². The predicted molar refractivity (Wildman–Crippen MR) is 76.2 cm³/mol. The average molecular weight is 248 g/mol. The molecule has 1 aliphatic heterocycles. The van der Waals surface area contributed by atoms with Gasteiger partial charge in [-0.15, -0.1) is 0 Å². The number of aliphatic hydroxyl groups excluding tert-OH is 1. The van der Waals surface area contributed by atoms with Crippen LogP contribution in [0.1, 0.15) is 31.7 Å². The van der Waals surface area contributed by atoms with Gasteiger partial charge in [-0.2, -0.15) is 0 Å². The van der Waals surface area contributed by atoms with E-state index in [1.807, 2.05) is 0 Å². The van der Waals surface area contributed by atoms with E-state index < -0.39 is 0 Å². The predicted octanol–water partition coefficient (Wildman–Crippen LogP) is 1.97. The molecule has 0 amide bonds. The van der Waals surface area contributed by atoms with Crippen LogP contribution in [-0.2, 0) is 0 Å². The van der Waals surface area contributed by atoms with Crippen molar-refractivity contribution in [3.05, 3.63) is 29.8 Å². The molecule has 1 aromatic carbocycles. The van der Waals surface area contributed by atoms with Crippen LogP contribution in [0, 0.1) is 0 Å². The maximum Gasteiger partial charge on any atom is 0.0451 e. The van der Waals surface area contributed by atoms with E-state index >= 15 is 0 Å². The summed E-state index contributed by atoms with van der Waals surface area (Å²) in [4.78, 5) is 2.41. The molecule has 1 fully saturated rings. The van der Waals surface area contributed by atoms with Crippen molar-refractivity contribution in [2.45, 2.75) is 32.2 Å². The molecule has 1 saturated heterocycles.